The Hall–Kier alpha value is -3.03. The summed E-state index contributed by atoms with van der Waals surface area (Å²) in [6, 6.07) is 7.94. The first-order chi connectivity index (χ1) is 13.5. The largest absolute Gasteiger partial charge is 0.495 e. The Bertz CT molecular complexity index is 874. The third kappa shape index (κ3) is 4.27. The fourth-order valence-corrected chi connectivity index (χ4v) is 3.16. The number of hydrogen-bond donors (Lipinski definition) is 2. The lowest BCUT2D eigenvalue weighted by atomic mass is 10.2. The summed E-state index contributed by atoms with van der Waals surface area (Å²) >= 11 is 0. The van der Waals surface area contributed by atoms with Crippen LogP contribution in [0.25, 0.3) is 0 Å². The van der Waals surface area contributed by atoms with Crippen LogP contribution in [0.5, 0.6) is 5.75 Å². The van der Waals surface area contributed by atoms with Gasteiger partial charge in [0.1, 0.15) is 11.3 Å². The number of carbonyl (C=O) groups excluding carboxylic acids is 1. The first-order valence-corrected chi connectivity index (χ1v) is 9.56. The van der Waals surface area contributed by atoms with E-state index in [1.54, 1.807) is 7.11 Å². The standard InChI is InChI=1S/C20H27N5O3/c1-4-14(2)22-18(26)15-13-21-20(23-19(15)27)25-11-9-24(10-12-25)16-7-5-6-8-17(16)28-3/h5-8,13-14H,4,9-12H2,1-3H3,(H,22,26)(H,21,23,27)/t14-/m1/s1. The lowest BCUT2D eigenvalue weighted by Crippen LogP contribution is -2.47. The van der Waals surface area contributed by atoms with E-state index in [-0.39, 0.29) is 11.6 Å². The molecule has 0 aliphatic carbocycles. The lowest BCUT2D eigenvalue weighted by molar-refractivity contribution is 0.0937. The Morgan fingerprint density at radius 1 is 1.25 bits per heavy atom. The van der Waals surface area contributed by atoms with E-state index in [1.165, 1.54) is 6.20 Å². The van der Waals surface area contributed by atoms with Crippen molar-refractivity contribution in [3.8, 4) is 5.75 Å². The molecule has 1 aromatic heterocycles. The predicted octanol–water partition coefficient (Wildman–Crippen LogP) is 1.63. The predicted molar refractivity (Wildman–Crippen MR) is 109 cm³/mol. The highest BCUT2D eigenvalue weighted by atomic mass is 16.5. The molecule has 1 aliphatic rings. The van der Waals surface area contributed by atoms with Crippen molar-refractivity contribution in [2.45, 2.75) is 26.3 Å². The molecule has 1 aromatic carbocycles. The average molecular weight is 385 g/mol. The van der Waals surface area contributed by atoms with Crippen molar-refractivity contribution < 1.29 is 9.53 Å². The summed E-state index contributed by atoms with van der Waals surface area (Å²) in [4.78, 5) is 35.9. The Kier molecular flexibility index (Phi) is 6.18. The van der Waals surface area contributed by atoms with Crippen LogP contribution in [-0.2, 0) is 0 Å². The molecule has 2 N–H and O–H groups in total. The van der Waals surface area contributed by atoms with Crippen LogP contribution in [0.3, 0.4) is 0 Å². The maximum absolute atomic E-state index is 12.4. The van der Waals surface area contributed by atoms with Crippen molar-refractivity contribution in [3.05, 3.63) is 46.4 Å². The minimum atomic E-state index is -0.419. The van der Waals surface area contributed by atoms with Crippen molar-refractivity contribution >= 4 is 17.5 Å². The number of methoxy groups -OCH3 is 1. The van der Waals surface area contributed by atoms with E-state index >= 15 is 0 Å². The van der Waals surface area contributed by atoms with Crippen LogP contribution in [0.15, 0.2) is 35.3 Å². The summed E-state index contributed by atoms with van der Waals surface area (Å²) in [5, 5.41) is 2.79. The molecule has 28 heavy (non-hydrogen) atoms. The SMILES string of the molecule is CC[C@@H](C)NC(=O)c1cnc(N2CCN(c3ccccc3OC)CC2)[nH]c1=O. The van der Waals surface area contributed by atoms with Crippen LogP contribution >= 0.6 is 0 Å². The zero-order valence-electron chi connectivity index (χ0n) is 16.6. The third-order valence-electron chi connectivity index (χ3n) is 5.03. The number of aromatic nitrogens is 2. The second-order valence-corrected chi connectivity index (χ2v) is 6.88. The highest BCUT2D eigenvalue weighted by Gasteiger charge is 2.22. The highest BCUT2D eigenvalue weighted by Crippen LogP contribution is 2.28. The minimum absolute atomic E-state index is 0.00892. The Labute approximate surface area is 164 Å². The van der Waals surface area contributed by atoms with Crippen molar-refractivity contribution in [2.75, 3.05) is 43.1 Å². The van der Waals surface area contributed by atoms with Gasteiger partial charge in [-0.1, -0.05) is 19.1 Å². The first-order valence-electron chi connectivity index (χ1n) is 9.56. The first kappa shape index (κ1) is 19.7. The van der Waals surface area contributed by atoms with Crippen LogP contribution < -0.4 is 25.4 Å². The summed E-state index contributed by atoms with van der Waals surface area (Å²) < 4.78 is 5.44. The number of piperazine rings is 1. The number of rotatable bonds is 6. The van der Waals surface area contributed by atoms with Crippen LogP contribution in [0.4, 0.5) is 11.6 Å². The number of benzene rings is 1. The molecular formula is C20H27N5O3. The zero-order valence-corrected chi connectivity index (χ0v) is 16.6. The molecule has 1 saturated heterocycles. The van der Waals surface area contributed by atoms with Gasteiger partial charge in [-0.15, -0.1) is 0 Å². The average Bonchev–Trinajstić information content (AvgIpc) is 2.73. The van der Waals surface area contributed by atoms with Gasteiger partial charge in [0.05, 0.1) is 12.8 Å². The monoisotopic (exact) mass is 385 g/mol. The van der Waals surface area contributed by atoms with E-state index in [2.05, 4.69) is 20.2 Å². The summed E-state index contributed by atoms with van der Waals surface area (Å²) in [5.74, 6) is 0.944. The van der Waals surface area contributed by atoms with E-state index in [0.29, 0.717) is 19.0 Å². The molecule has 0 unspecified atom stereocenters. The zero-order chi connectivity index (χ0) is 20.1. The van der Waals surface area contributed by atoms with Gasteiger partial charge >= 0.3 is 0 Å². The molecular weight excluding hydrogens is 358 g/mol. The normalized spacial score (nSPS) is 15.2. The van der Waals surface area contributed by atoms with Crippen molar-refractivity contribution in [3.63, 3.8) is 0 Å². The van der Waals surface area contributed by atoms with Crippen LogP contribution in [0.2, 0.25) is 0 Å². The van der Waals surface area contributed by atoms with Crippen LogP contribution in [0, 0.1) is 0 Å². The third-order valence-corrected chi connectivity index (χ3v) is 5.03. The van der Waals surface area contributed by atoms with Crippen LogP contribution in [-0.4, -0.2) is 55.2 Å². The summed E-state index contributed by atoms with van der Waals surface area (Å²) in [6.07, 6.45) is 2.16. The van der Waals surface area contributed by atoms with Gasteiger partial charge in [-0.25, -0.2) is 4.98 Å². The Morgan fingerprint density at radius 3 is 2.57 bits per heavy atom. The van der Waals surface area contributed by atoms with Crippen LogP contribution in [0.1, 0.15) is 30.6 Å². The number of aromatic amines is 1. The molecule has 0 spiro atoms. The summed E-state index contributed by atoms with van der Waals surface area (Å²) in [6.45, 7) is 6.84. The van der Waals surface area contributed by atoms with Gasteiger partial charge < -0.3 is 19.9 Å². The molecule has 1 aliphatic heterocycles. The molecule has 8 heteroatoms. The summed E-state index contributed by atoms with van der Waals surface area (Å²) in [5.41, 5.74) is 0.679. The molecule has 1 amide bonds. The molecule has 0 radical (unpaired) electrons. The van der Waals surface area contributed by atoms with Gasteiger partial charge in [0.15, 0.2) is 0 Å². The van der Waals surface area contributed by atoms with Gasteiger partial charge in [-0.2, -0.15) is 0 Å². The van der Waals surface area contributed by atoms with Crippen molar-refractivity contribution in [1.82, 2.24) is 15.3 Å². The summed E-state index contributed by atoms with van der Waals surface area (Å²) in [7, 11) is 1.67. The van der Waals surface area contributed by atoms with E-state index in [1.807, 2.05) is 43.0 Å². The number of para-hydroxylation sites is 2. The Morgan fingerprint density at radius 2 is 1.93 bits per heavy atom. The molecule has 8 nitrogen and oxygen atoms in total. The number of amides is 1. The second kappa shape index (κ2) is 8.77. The van der Waals surface area contributed by atoms with Crippen molar-refractivity contribution in [1.29, 1.82) is 0 Å². The molecule has 3 rings (SSSR count). The van der Waals surface area contributed by atoms with E-state index < -0.39 is 11.5 Å². The fourth-order valence-electron chi connectivity index (χ4n) is 3.16. The fraction of sp³-hybridized carbons (Fsp3) is 0.450. The maximum atomic E-state index is 12.4. The molecule has 150 valence electrons. The number of carbonyl (C=O) groups is 1. The van der Waals surface area contributed by atoms with Crippen molar-refractivity contribution in [2.24, 2.45) is 0 Å². The topological polar surface area (TPSA) is 90.6 Å². The second-order valence-electron chi connectivity index (χ2n) is 6.88. The van der Waals surface area contributed by atoms with E-state index in [0.717, 1.165) is 30.9 Å². The number of H-pyrrole nitrogens is 1. The highest BCUT2D eigenvalue weighted by molar-refractivity contribution is 5.93. The Balaban J connectivity index is 1.67. The molecule has 0 saturated carbocycles. The van der Waals surface area contributed by atoms with E-state index in [4.69, 9.17) is 4.74 Å². The lowest BCUT2D eigenvalue weighted by Gasteiger charge is -2.36. The molecule has 2 heterocycles. The number of nitrogens with one attached hydrogen (secondary N) is 2. The van der Waals surface area contributed by atoms with E-state index in [9.17, 15) is 9.59 Å². The quantitative estimate of drug-likeness (QED) is 0.786. The van der Waals surface area contributed by atoms with Gasteiger partial charge in [0.25, 0.3) is 11.5 Å². The van der Waals surface area contributed by atoms with Gasteiger partial charge in [0.2, 0.25) is 5.95 Å². The number of hydrogen-bond acceptors (Lipinski definition) is 6. The molecule has 2 aromatic rings. The smallest absolute Gasteiger partial charge is 0.265 e. The molecule has 1 atom stereocenters. The number of ether oxygens (including phenoxy) is 1. The number of nitrogens with zero attached hydrogens (tertiary/aromatic N) is 3. The minimum Gasteiger partial charge on any atom is -0.495 e. The van der Waals surface area contributed by atoms with Gasteiger partial charge in [-0.05, 0) is 25.5 Å². The van der Waals surface area contributed by atoms with Gasteiger partial charge in [-0.3, -0.25) is 14.6 Å². The number of anilines is 2. The maximum Gasteiger partial charge on any atom is 0.265 e. The molecule has 1 fully saturated rings. The van der Waals surface area contributed by atoms with Gasteiger partial charge in [0, 0.05) is 38.4 Å². The molecule has 0 bridgehead atoms.